The summed E-state index contributed by atoms with van der Waals surface area (Å²) in [6.45, 7) is 1.96. The zero-order valence-electron chi connectivity index (χ0n) is 14.3. The molecule has 3 rings (SSSR count). The van der Waals surface area contributed by atoms with Crippen molar-refractivity contribution in [2.45, 2.75) is 19.9 Å². The van der Waals surface area contributed by atoms with E-state index in [-0.39, 0.29) is 24.4 Å². The smallest absolute Gasteiger partial charge is 0.338 e. The fraction of sp³-hybridized carbons (Fsp3) is 0.222. The number of fused-ring (bicyclic) bond motifs is 1. The van der Waals surface area contributed by atoms with E-state index in [0.717, 1.165) is 0 Å². The van der Waals surface area contributed by atoms with Gasteiger partial charge in [0.1, 0.15) is 4.83 Å². The lowest BCUT2D eigenvalue weighted by Crippen LogP contribution is -2.23. The molecule has 0 saturated heterocycles. The number of nitrogens with one attached hydrogen (secondary N) is 1. The minimum absolute atomic E-state index is 0.110. The number of carbonyl (C=O) groups excluding carboxylic acids is 2. The molecule has 0 radical (unpaired) electrons. The molecule has 0 unspecified atom stereocenters. The van der Waals surface area contributed by atoms with Crippen molar-refractivity contribution < 1.29 is 14.3 Å². The third-order valence-corrected chi connectivity index (χ3v) is 4.86. The third-order valence-electron chi connectivity index (χ3n) is 4.04. The predicted molar refractivity (Wildman–Crippen MR) is 99.6 cm³/mol. The van der Waals surface area contributed by atoms with E-state index in [1.807, 2.05) is 5.38 Å². The fourth-order valence-electron chi connectivity index (χ4n) is 2.59. The number of rotatable bonds is 5. The van der Waals surface area contributed by atoms with Crippen LogP contribution in [0.4, 0.5) is 5.69 Å². The number of amides is 1. The van der Waals surface area contributed by atoms with Crippen molar-refractivity contribution in [1.82, 2.24) is 9.55 Å². The number of esters is 1. The molecule has 0 aliphatic carbocycles. The van der Waals surface area contributed by atoms with Gasteiger partial charge in [0.25, 0.3) is 5.56 Å². The first-order valence-electron chi connectivity index (χ1n) is 7.91. The van der Waals surface area contributed by atoms with Gasteiger partial charge in [-0.25, -0.2) is 9.78 Å². The molecule has 2 aromatic heterocycles. The highest BCUT2D eigenvalue weighted by molar-refractivity contribution is 7.16. The molecule has 134 valence electrons. The molecule has 0 aliphatic heterocycles. The molecule has 3 aromatic rings. The van der Waals surface area contributed by atoms with Crippen LogP contribution in [0.2, 0.25) is 0 Å². The Morgan fingerprint density at radius 1 is 1.31 bits per heavy atom. The molecular formula is C18H17N3O4S. The van der Waals surface area contributed by atoms with Gasteiger partial charge in [-0.05, 0) is 36.1 Å². The normalized spacial score (nSPS) is 10.7. The zero-order valence-corrected chi connectivity index (χ0v) is 15.1. The summed E-state index contributed by atoms with van der Waals surface area (Å²) in [6, 6.07) is 6.75. The number of hydrogen-bond donors (Lipinski definition) is 1. The lowest BCUT2D eigenvalue weighted by molar-refractivity contribution is -0.116. The number of anilines is 1. The summed E-state index contributed by atoms with van der Waals surface area (Å²) in [4.78, 5) is 41.2. The van der Waals surface area contributed by atoms with Gasteiger partial charge in [-0.3, -0.25) is 14.2 Å². The highest BCUT2D eigenvalue weighted by atomic mass is 32.1. The van der Waals surface area contributed by atoms with Crippen LogP contribution in [0.15, 0.2) is 40.8 Å². The summed E-state index contributed by atoms with van der Waals surface area (Å²) in [5.41, 5.74) is 1.41. The number of thiophene rings is 1. The van der Waals surface area contributed by atoms with Crippen LogP contribution in [0.1, 0.15) is 22.3 Å². The summed E-state index contributed by atoms with van der Waals surface area (Å²) < 4.78 is 6.15. The maximum Gasteiger partial charge on any atom is 0.338 e. The van der Waals surface area contributed by atoms with Crippen molar-refractivity contribution in [3.63, 3.8) is 0 Å². The molecule has 1 aromatic carbocycles. The average molecular weight is 371 g/mol. The Labute approximate surface area is 153 Å². The molecule has 7 nitrogen and oxygen atoms in total. The van der Waals surface area contributed by atoms with E-state index in [4.69, 9.17) is 4.74 Å². The second-order valence-corrected chi connectivity index (χ2v) is 6.55. The number of benzene rings is 1. The number of aryl methyl sites for hydroxylation is 1. The van der Waals surface area contributed by atoms with Gasteiger partial charge in [0.15, 0.2) is 0 Å². The van der Waals surface area contributed by atoms with E-state index >= 15 is 0 Å². The largest absolute Gasteiger partial charge is 0.465 e. The lowest BCUT2D eigenvalue weighted by Gasteiger charge is -2.11. The van der Waals surface area contributed by atoms with Crippen LogP contribution >= 0.6 is 11.3 Å². The highest BCUT2D eigenvalue weighted by Gasteiger charge is 2.14. The molecule has 0 fully saturated rings. The van der Waals surface area contributed by atoms with Crippen molar-refractivity contribution >= 4 is 39.1 Å². The van der Waals surface area contributed by atoms with Gasteiger partial charge >= 0.3 is 5.97 Å². The van der Waals surface area contributed by atoms with E-state index in [1.165, 1.54) is 29.3 Å². The third kappa shape index (κ3) is 3.50. The molecule has 26 heavy (non-hydrogen) atoms. The molecule has 0 saturated carbocycles. The van der Waals surface area contributed by atoms with E-state index in [9.17, 15) is 14.4 Å². The molecule has 0 bridgehead atoms. The van der Waals surface area contributed by atoms with Gasteiger partial charge < -0.3 is 10.1 Å². The lowest BCUT2D eigenvalue weighted by atomic mass is 10.1. The quantitative estimate of drug-likeness (QED) is 0.696. The van der Waals surface area contributed by atoms with Gasteiger partial charge in [-0.1, -0.05) is 6.07 Å². The van der Waals surface area contributed by atoms with Crippen LogP contribution in [0.5, 0.6) is 0 Å². The summed E-state index contributed by atoms with van der Waals surface area (Å²) in [6.07, 6.45) is 1.57. The number of ether oxygens (including phenoxy) is 1. The number of hydrogen-bond acceptors (Lipinski definition) is 6. The summed E-state index contributed by atoms with van der Waals surface area (Å²) in [7, 11) is 1.31. The van der Waals surface area contributed by atoms with Gasteiger partial charge in [-0.15, -0.1) is 11.3 Å². The van der Waals surface area contributed by atoms with E-state index in [1.54, 1.807) is 31.2 Å². The van der Waals surface area contributed by atoms with Crippen LogP contribution in [0.3, 0.4) is 0 Å². The number of aromatic nitrogens is 2. The van der Waals surface area contributed by atoms with Crippen LogP contribution in [0.25, 0.3) is 10.2 Å². The van der Waals surface area contributed by atoms with Crippen LogP contribution < -0.4 is 10.9 Å². The topological polar surface area (TPSA) is 90.3 Å². The first-order chi connectivity index (χ1) is 12.5. The zero-order chi connectivity index (χ0) is 18.7. The highest BCUT2D eigenvalue weighted by Crippen LogP contribution is 2.20. The number of methoxy groups -OCH3 is 1. The van der Waals surface area contributed by atoms with E-state index < -0.39 is 5.97 Å². The van der Waals surface area contributed by atoms with Crippen molar-refractivity contribution in [2.75, 3.05) is 12.4 Å². The Kier molecular flexibility index (Phi) is 5.13. The molecule has 0 aliphatic rings. The average Bonchev–Trinajstić information content (AvgIpc) is 3.12. The summed E-state index contributed by atoms with van der Waals surface area (Å²) in [5, 5.41) is 5.14. The molecule has 0 spiro atoms. The second-order valence-electron chi connectivity index (χ2n) is 5.65. The molecule has 8 heteroatoms. The predicted octanol–water partition coefficient (Wildman–Crippen LogP) is 2.58. The Hall–Kier alpha value is -3.00. The van der Waals surface area contributed by atoms with Gasteiger partial charge in [0, 0.05) is 18.7 Å². The maximum absolute atomic E-state index is 12.3. The second kappa shape index (κ2) is 7.49. The first-order valence-corrected chi connectivity index (χ1v) is 8.79. The van der Waals surface area contributed by atoms with Crippen molar-refractivity contribution in [1.29, 1.82) is 0 Å². The fourth-order valence-corrected chi connectivity index (χ4v) is 3.31. The molecule has 0 atom stereocenters. The molecule has 2 heterocycles. The minimum atomic E-state index is -0.458. The Morgan fingerprint density at radius 3 is 2.88 bits per heavy atom. The van der Waals surface area contributed by atoms with Gasteiger partial charge in [-0.2, -0.15) is 0 Å². The molecular weight excluding hydrogens is 354 g/mol. The first kappa shape index (κ1) is 17.8. The maximum atomic E-state index is 12.3. The monoisotopic (exact) mass is 371 g/mol. The molecule has 1 amide bonds. The standard InChI is InChI=1S/C18H17N3O4S/c1-11-12(18(24)25-2)4-3-5-14(11)20-15(22)6-8-21-10-19-16-13(17(21)23)7-9-26-16/h3-5,7,9-10H,6,8H2,1-2H3,(H,20,22). The Bertz CT molecular complexity index is 1040. The van der Waals surface area contributed by atoms with Crippen LogP contribution in [-0.4, -0.2) is 28.5 Å². The number of nitrogens with zero attached hydrogens (tertiary/aromatic N) is 2. The van der Waals surface area contributed by atoms with Crippen LogP contribution in [-0.2, 0) is 16.1 Å². The van der Waals surface area contributed by atoms with Crippen molar-refractivity contribution in [3.05, 3.63) is 57.5 Å². The van der Waals surface area contributed by atoms with E-state index in [0.29, 0.717) is 27.0 Å². The Balaban J connectivity index is 1.70. The van der Waals surface area contributed by atoms with Gasteiger partial charge in [0.05, 0.1) is 24.4 Å². The van der Waals surface area contributed by atoms with E-state index in [2.05, 4.69) is 10.3 Å². The minimum Gasteiger partial charge on any atom is -0.465 e. The Morgan fingerprint density at radius 2 is 2.12 bits per heavy atom. The SMILES string of the molecule is COC(=O)c1cccc(NC(=O)CCn2cnc3sccc3c2=O)c1C. The van der Waals surface area contributed by atoms with Crippen LogP contribution in [0, 0.1) is 6.92 Å². The summed E-state index contributed by atoms with van der Waals surface area (Å²) >= 11 is 1.40. The van der Waals surface area contributed by atoms with Crippen molar-refractivity contribution in [2.24, 2.45) is 0 Å². The van der Waals surface area contributed by atoms with Crippen molar-refractivity contribution in [3.8, 4) is 0 Å². The van der Waals surface area contributed by atoms with Gasteiger partial charge in [0.2, 0.25) is 5.91 Å². The number of carbonyl (C=O) groups is 2. The molecule has 1 N–H and O–H groups in total. The summed E-state index contributed by atoms with van der Waals surface area (Å²) in [5.74, 6) is -0.715.